The Balaban J connectivity index is 1.84. The quantitative estimate of drug-likeness (QED) is 0.802. The summed E-state index contributed by atoms with van der Waals surface area (Å²) in [5.74, 6) is 0.789. The summed E-state index contributed by atoms with van der Waals surface area (Å²) in [5.41, 5.74) is 2.64. The fourth-order valence-corrected chi connectivity index (χ4v) is 2.20. The molecule has 1 aromatic carbocycles. The number of anilines is 1. The SMILES string of the molecule is CCC(C)C(=O)Nc1ccc(-n2cnc3ccccc32)nc1. The molecule has 112 valence electrons. The zero-order valence-corrected chi connectivity index (χ0v) is 12.7. The first-order valence-corrected chi connectivity index (χ1v) is 7.38. The molecule has 22 heavy (non-hydrogen) atoms. The summed E-state index contributed by atoms with van der Waals surface area (Å²) in [6.07, 6.45) is 4.24. The Morgan fingerprint density at radius 3 is 2.77 bits per heavy atom. The zero-order valence-electron chi connectivity index (χ0n) is 12.7. The Labute approximate surface area is 129 Å². The molecule has 5 nitrogen and oxygen atoms in total. The third-order valence-corrected chi connectivity index (χ3v) is 3.78. The molecular formula is C17H18N4O. The second-order valence-corrected chi connectivity index (χ2v) is 5.31. The summed E-state index contributed by atoms with van der Waals surface area (Å²) in [4.78, 5) is 20.6. The molecular weight excluding hydrogens is 276 g/mol. The highest BCUT2D eigenvalue weighted by Gasteiger charge is 2.11. The molecule has 0 aliphatic rings. The van der Waals surface area contributed by atoms with E-state index in [1.54, 1.807) is 12.5 Å². The van der Waals surface area contributed by atoms with Gasteiger partial charge < -0.3 is 5.32 Å². The van der Waals surface area contributed by atoms with Crippen LogP contribution in [0.25, 0.3) is 16.9 Å². The van der Waals surface area contributed by atoms with Crippen LogP contribution in [-0.2, 0) is 4.79 Å². The second-order valence-electron chi connectivity index (χ2n) is 5.31. The number of imidazole rings is 1. The normalized spacial score (nSPS) is 12.3. The van der Waals surface area contributed by atoms with Crippen molar-refractivity contribution in [3.63, 3.8) is 0 Å². The minimum Gasteiger partial charge on any atom is -0.324 e. The molecule has 0 radical (unpaired) electrons. The average molecular weight is 294 g/mol. The molecule has 1 N–H and O–H groups in total. The molecule has 1 atom stereocenters. The molecule has 0 saturated carbocycles. The van der Waals surface area contributed by atoms with Crippen molar-refractivity contribution in [1.82, 2.24) is 14.5 Å². The Kier molecular flexibility index (Phi) is 3.87. The summed E-state index contributed by atoms with van der Waals surface area (Å²) >= 11 is 0. The van der Waals surface area contributed by atoms with Crippen LogP contribution in [0.2, 0.25) is 0 Å². The smallest absolute Gasteiger partial charge is 0.227 e. The monoisotopic (exact) mass is 294 g/mol. The number of carbonyl (C=O) groups excluding carboxylic acids is 1. The van der Waals surface area contributed by atoms with Gasteiger partial charge >= 0.3 is 0 Å². The maximum Gasteiger partial charge on any atom is 0.227 e. The first-order valence-electron chi connectivity index (χ1n) is 7.38. The van der Waals surface area contributed by atoms with Gasteiger partial charge in [-0.25, -0.2) is 9.97 Å². The van der Waals surface area contributed by atoms with Crippen molar-refractivity contribution in [2.75, 3.05) is 5.32 Å². The lowest BCUT2D eigenvalue weighted by molar-refractivity contribution is -0.119. The van der Waals surface area contributed by atoms with Crippen molar-refractivity contribution in [2.24, 2.45) is 5.92 Å². The molecule has 0 aliphatic carbocycles. The molecule has 0 saturated heterocycles. The van der Waals surface area contributed by atoms with E-state index in [-0.39, 0.29) is 11.8 Å². The highest BCUT2D eigenvalue weighted by molar-refractivity contribution is 5.92. The standard InChI is InChI=1S/C17H18N4O/c1-3-12(2)17(22)20-13-8-9-16(18-10-13)21-11-19-14-6-4-5-7-15(14)21/h4-12H,3H2,1-2H3,(H,20,22). The summed E-state index contributed by atoms with van der Waals surface area (Å²) in [7, 11) is 0. The number of para-hydroxylation sites is 2. The molecule has 0 spiro atoms. The maximum absolute atomic E-state index is 11.9. The lowest BCUT2D eigenvalue weighted by Crippen LogP contribution is -2.19. The van der Waals surface area contributed by atoms with Gasteiger partial charge in [0.25, 0.3) is 0 Å². The highest BCUT2D eigenvalue weighted by atomic mass is 16.1. The topological polar surface area (TPSA) is 59.8 Å². The van der Waals surface area contributed by atoms with Crippen molar-refractivity contribution in [3.05, 3.63) is 48.9 Å². The molecule has 1 unspecified atom stereocenters. The lowest BCUT2D eigenvalue weighted by Gasteiger charge is -2.10. The van der Waals surface area contributed by atoms with Gasteiger partial charge in [0.1, 0.15) is 12.1 Å². The van der Waals surface area contributed by atoms with E-state index in [0.29, 0.717) is 5.69 Å². The summed E-state index contributed by atoms with van der Waals surface area (Å²) < 4.78 is 1.93. The number of rotatable bonds is 4. The molecule has 2 aromatic heterocycles. The molecule has 2 heterocycles. The number of hydrogen-bond acceptors (Lipinski definition) is 3. The fourth-order valence-electron chi connectivity index (χ4n) is 2.20. The minimum atomic E-state index is -0.00253. The maximum atomic E-state index is 11.9. The number of pyridine rings is 1. The molecule has 1 amide bonds. The largest absolute Gasteiger partial charge is 0.324 e. The molecule has 5 heteroatoms. The predicted molar refractivity (Wildman–Crippen MR) is 86.9 cm³/mol. The van der Waals surface area contributed by atoms with Crippen molar-refractivity contribution >= 4 is 22.6 Å². The van der Waals surface area contributed by atoms with Crippen LogP contribution >= 0.6 is 0 Å². The number of aromatic nitrogens is 3. The molecule has 0 aliphatic heterocycles. The number of nitrogens with one attached hydrogen (secondary N) is 1. The van der Waals surface area contributed by atoms with Crippen LogP contribution in [-0.4, -0.2) is 20.4 Å². The predicted octanol–water partition coefficient (Wildman–Crippen LogP) is 3.41. The van der Waals surface area contributed by atoms with E-state index >= 15 is 0 Å². The van der Waals surface area contributed by atoms with Crippen molar-refractivity contribution in [1.29, 1.82) is 0 Å². The van der Waals surface area contributed by atoms with E-state index in [9.17, 15) is 4.79 Å². The Bertz CT molecular complexity index is 792. The van der Waals surface area contributed by atoms with Gasteiger partial charge in [0.2, 0.25) is 5.91 Å². The van der Waals surface area contributed by atoms with E-state index in [1.807, 2.05) is 54.8 Å². The third-order valence-electron chi connectivity index (χ3n) is 3.78. The van der Waals surface area contributed by atoms with Gasteiger partial charge in [-0.2, -0.15) is 0 Å². The van der Waals surface area contributed by atoms with Crippen LogP contribution in [0.5, 0.6) is 0 Å². The molecule has 3 rings (SSSR count). The third kappa shape index (κ3) is 2.70. The number of carbonyl (C=O) groups is 1. The van der Waals surface area contributed by atoms with Crippen LogP contribution < -0.4 is 5.32 Å². The molecule has 3 aromatic rings. The van der Waals surface area contributed by atoms with Crippen molar-refractivity contribution in [2.45, 2.75) is 20.3 Å². The summed E-state index contributed by atoms with van der Waals surface area (Å²) in [6, 6.07) is 11.6. The van der Waals surface area contributed by atoms with Crippen molar-refractivity contribution < 1.29 is 4.79 Å². The second kappa shape index (κ2) is 5.97. The first kappa shape index (κ1) is 14.3. The summed E-state index contributed by atoms with van der Waals surface area (Å²) in [6.45, 7) is 3.91. The lowest BCUT2D eigenvalue weighted by atomic mass is 10.1. The van der Waals surface area contributed by atoms with E-state index in [2.05, 4.69) is 15.3 Å². The molecule has 0 bridgehead atoms. The van der Waals surface area contributed by atoms with Crippen LogP contribution in [0.4, 0.5) is 5.69 Å². The van der Waals surface area contributed by atoms with Crippen LogP contribution in [0.3, 0.4) is 0 Å². The van der Waals surface area contributed by atoms with Gasteiger partial charge in [0.15, 0.2) is 0 Å². The summed E-state index contributed by atoms with van der Waals surface area (Å²) in [5, 5.41) is 2.88. The Morgan fingerprint density at radius 1 is 1.23 bits per heavy atom. The van der Waals surface area contributed by atoms with E-state index in [0.717, 1.165) is 23.3 Å². The van der Waals surface area contributed by atoms with E-state index in [4.69, 9.17) is 0 Å². The minimum absolute atomic E-state index is 0.00253. The van der Waals surface area contributed by atoms with Gasteiger partial charge in [0.05, 0.1) is 22.9 Å². The van der Waals surface area contributed by atoms with E-state index < -0.39 is 0 Å². The van der Waals surface area contributed by atoms with Crippen LogP contribution in [0.15, 0.2) is 48.9 Å². The first-order chi connectivity index (χ1) is 10.7. The highest BCUT2D eigenvalue weighted by Crippen LogP contribution is 2.18. The van der Waals surface area contributed by atoms with Gasteiger partial charge in [0, 0.05) is 5.92 Å². The van der Waals surface area contributed by atoms with Crippen LogP contribution in [0.1, 0.15) is 20.3 Å². The zero-order chi connectivity index (χ0) is 15.5. The average Bonchev–Trinajstić information content (AvgIpc) is 2.99. The van der Waals surface area contributed by atoms with Gasteiger partial charge in [-0.1, -0.05) is 26.0 Å². The van der Waals surface area contributed by atoms with Crippen molar-refractivity contribution in [3.8, 4) is 5.82 Å². The van der Waals surface area contributed by atoms with Crippen LogP contribution in [0, 0.1) is 5.92 Å². The molecule has 0 fully saturated rings. The Morgan fingerprint density at radius 2 is 2.05 bits per heavy atom. The van der Waals surface area contributed by atoms with Gasteiger partial charge in [-0.15, -0.1) is 0 Å². The number of benzene rings is 1. The number of amides is 1. The van der Waals surface area contributed by atoms with Gasteiger partial charge in [-0.05, 0) is 30.7 Å². The Hall–Kier alpha value is -2.69. The number of fused-ring (bicyclic) bond motifs is 1. The van der Waals surface area contributed by atoms with Gasteiger partial charge in [-0.3, -0.25) is 9.36 Å². The number of nitrogens with zero attached hydrogens (tertiary/aromatic N) is 3. The van der Waals surface area contributed by atoms with E-state index in [1.165, 1.54) is 0 Å². The fraction of sp³-hybridized carbons (Fsp3) is 0.235. The number of hydrogen-bond donors (Lipinski definition) is 1.